The van der Waals surface area contributed by atoms with E-state index in [9.17, 15) is 19.5 Å². The van der Waals surface area contributed by atoms with Gasteiger partial charge in [-0.2, -0.15) is 0 Å². The summed E-state index contributed by atoms with van der Waals surface area (Å²) in [5.41, 5.74) is 1.80. The zero-order valence-electron chi connectivity index (χ0n) is 22.7. The number of allylic oxidation sites excluding steroid dienone is 1. The van der Waals surface area contributed by atoms with Gasteiger partial charge in [0, 0.05) is 0 Å². The molecule has 212 valence electrons. The molecule has 5 unspecified atom stereocenters. The Labute approximate surface area is 234 Å². The van der Waals surface area contributed by atoms with E-state index in [1.165, 1.54) is 6.08 Å². The van der Waals surface area contributed by atoms with Crippen molar-refractivity contribution in [1.82, 2.24) is 4.90 Å². The van der Waals surface area contributed by atoms with Crippen LogP contribution in [-0.4, -0.2) is 65.9 Å². The van der Waals surface area contributed by atoms with Crippen LogP contribution in [0, 0.1) is 5.92 Å². The summed E-state index contributed by atoms with van der Waals surface area (Å²) in [6, 6.07) is 18.4. The molecule has 0 radical (unpaired) electrons. The van der Waals surface area contributed by atoms with Gasteiger partial charge in [-0.05, 0) is 49.6 Å². The van der Waals surface area contributed by atoms with E-state index in [4.69, 9.17) is 18.9 Å². The number of amides is 2. The molecule has 2 aromatic rings. The lowest BCUT2D eigenvalue weighted by atomic mass is 9.95. The normalized spacial score (nSPS) is 23.1. The largest absolute Gasteiger partial charge is 0.482 e. The molecule has 40 heavy (non-hydrogen) atoms. The second-order valence-corrected chi connectivity index (χ2v) is 9.80. The minimum Gasteiger partial charge on any atom is -0.482 e. The van der Waals surface area contributed by atoms with Gasteiger partial charge in [-0.1, -0.05) is 60.7 Å². The number of aliphatic hydroxyl groups is 1. The fourth-order valence-corrected chi connectivity index (χ4v) is 4.60. The van der Waals surface area contributed by atoms with E-state index in [-0.39, 0.29) is 19.0 Å². The predicted molar refractivity (Wildman–Crippen MR) is 146 cm³/mol. The Kier molecular flexibility index (Phi) is 10.2. The average molecular weight is 550 g/mol. The summed E-state index contributed by atoms with van der Waals surface area (Å²) in [6.45, 7) is 4.11. The number of nitrogens with zero attached hydrogens (tertiary/aromatic N) is 1. The highest BCUT2D eigenvalue weighted by Crippen LogP contribution is 2.34. The SMILES string of the molecule is CC(C(=O)N1C(=O)OC(c2ccccc2)C1C)C1OC(=CCCOCC(CO)OCc2ccccc2)C=CC1=O. The molecule has 1 saturated heterocycles. The van der Waals surface area contributed by atoms with Gasteiger partial charge >= 0.3 is 6.09 Å². The van der Waals surface area contributed by atoms with Crippen molar-refractivity contribution < 1.29 is 38.4 Å². The molecule has 1 N–H and O–H groups in total. The number of rotatable bonds is 12. The van der Waals surface area contributed by atoms with E-state index >= 15 is 0 Å². The summed E-state index contributed by atoms with van der Waals surface area (Å²) in [5, 5.41) is 9.56. The zero-order chi connectivity index (χ0) is 28.5. The predicted octanol–water partition coefficient (Wildman–Crippen LogP) is 4.12. The minimum atomic E-state index is -1.06. The fraction of sp³-hybridized carbons (Fsp3) is 0.387. The standard InChI is InChI=1S/C31H35NO8/c1-21(30(35)32-22(2)29(40-31(32)36)24-12-7-4-8-13-24)28-27(34)16-15-25(39-28)14-9-17-37-20-26(18-33)38-19-23-10-5-3-6-11-23/h3-8,10-16,21-22,26,28-29,33H,9,17-20H2,1-2H3. The third-order valence-electron chi connectivity index (χ3n) is 6.88. The van der Waals surface area contributed by atoms with Gasteiger partial charge in [0.1, 0.15) is 18.0 Å². The van der Waals surface area contributed by atoms with Crippen molar-refractivity contribution in [3.8, 4) is 0 Å². The lowest BCUT2D eigenvalue weighted by Crippen LogP contribution is -2.47. The molecule has 0 aliphatic carbocycles. The number of carbonyl (C=O) groups excluding carboxylic acids is 3. The van der Waals surface area contributed by atoms with Crippen LogP contribution in [0.5, 0.6) is 0 Å². The number of hydrogen-bond acceptors (Lipinski definition) is 8. The maximum Gasteiger partial charge on any atom is 0.417 e. The van der Waals surface area contributed by atoms with Gasteiger partial charge < -0.3 is 24.1 Å². The third kappa shape index (κ3) is 7.24. The van der Waals surface area contributed by atoms with Gasteiger partial charge in [0.2, 0.25) is 5.91 Å². The second kappa shape index (κ2) is 14.0. The van der Waals surface area contributed by atoms with Gasteiger partial charge in [-0.3, -0.25) is 9.59 Å². The molecule has 9 nitrogen and oxygen atoms in total. The molecular weight excluding hydrogens is 514 g/mol. The molecule has 2 amide bonds. The highest BCUT2D eigenvalue weighted by molar-refractivity contribution is 6.01. The Balaban J connectivity index is 1.26. The third-order valence-corrected chi connectivity index (χ3v) is 6.88. The molecule has 5 atom stereocenters. The summed E-state index contributed by atoms with van der Waals surface area (Å²) < 4.78 is 22.7. The van der Waals surface area contributed by atoms with Crippen molar-refractivity contribution in [2.24, 2.45) is 5.92 Å². The maximum atomic E-state index is 13.3. The van der Waals surface area contributed by atoms with Crippen molar-refractivity contribution in [1.29, 1.82) is 0 Å². The summed E-state index contributed by atoms with van der Waals surface area (Å²) in [4.78, 5) is 39.6. The molecule has 2 aliphatic heterocycles. The molecule has 2 heterocycles. The van der Waals surface area contributed by atoms with Crippen molar-refractivity contribution in [3.05, 3.63) is 95.8 Å². The van der Waals surface area contributed by atoms with Crippen LogP contribution in [0.2, 0.25) is 0 Å². The van der Waals surface area contributed by atoms with Crippen LogP contribution in [-0.2, 0) is 35.1 Å². The Hall–Kier alpha value is -3.79. The monoisotopic (exact) mass is 549 g/mol. The highest BCUT2D eigenvalue weighted by atomic mass is 16.6. The first kappa shape index (κ1) is 29.2. The van der Waals surface area contributed by atoms with Crippen LogP contribution in [0.15, 0.2) is 84.7 Å². The fourth-order valence-electron chi connectivity index (χ4n) is 4.60. The van der Waals surface area contributed by atoms with Crippen molar-refractivity contribution in [2.45, 2.75) is 51.2 Å². The Morgan fingerprint density at radius 3 is 2.45 bits per heavy atom. The molecule has 2 aromatic carbocycles. The molecule has 9 heteroatoms. The van der Waals surface area contributed by atoms with E-state index in [0.717, 1.165) is 16.0 Å². The Morgan fingerprint density at radius 1 is 1.05 bits per heavy atom. The summed E-state index contributed by atoms with van der Waals surface area (Å²) >= 11 is 0. The molecule has 0 bridgehead atoms. The maximum absolute atomic E-state index is 13.3. The quantitative estimate of drug-likeness (QED) is 0.394. The first-order valence-electron chi connectivity index (χ1n) is 13.4. The van der Waals surface area contributed by atoms with E-state index in [1.54, 1.807) is 26.0 Å². The lowest BCUT2D eigenvalue weighted by molar-refractivity contribution is -0.142. The smallest absolute Gasteiger partial charge is 0.417 e. The number of hydrogen-bond donors (Lipinski definition) is 1. The van der Waals surface area contributed by atoms with E-state index < -0.39 is 42.3 Å². The molecular formula is C31H35NO8. The number of ether oxygens (including phenoxy) is 4. The summed E-state index contributed by atoms with van der Waals surface area (Å²) in [6.07, 6.45) is 2.34. The number of aliphatic hydroxyl groups excluding tert-OH is 1. The lowest BCUT2D eigenvalue weighted by Gasteiger charge is -2.28. The van der Waals surface area contributed by atoms with Gasteiger partial charge in [0.25, 0.3) is 0 Å². The van der Waals surface area contributed by atoms with Crippen LogP contribution < -0.4 is 0 Å². The van der Waals surface area contributed by atoms with Crippen LogP contribution in [0.3, 0.4) is 0 Å². The van der Waals surface area contributed by atoms with Gasteiger partial charge in [0.05, 0.1) is 38.4 Å². The van der Waals surface area contributed by atoms with Crippen LogP contribution >= 0.6 is 0 Å². The van der Waals surface area contributed by atoms with Gasteiger partial charge in [-0.15, -0.1) is 0 Å². The van der Waals surface area contributed by atoms with Crippen LogP contribution in [0.25, 0.3) is 0 Å². The highest BCUT2D eigenvalue weighted by Gasteiger charge is 2.47. The van der Waals surface area contributed by atoms with Gasteiger partial charge in [0.15, 0.2) is 11.9 Å². The van der Waals surface area contributed by atoms with Gasteiger partial charge in [-0.25, -0.2) is 9.69 Å². The average Bonchev–Trinajstić information content (AvgIpc) is 3.28. The number of ketones is 1. The molecule has 0 saturated carbocycles. The first-order valence-corrected chi connectivity index (χ1v) is 13.4. The number of cyclic esters (lactones) is 1. The molecule has 0 spiro atoms. The van der Waals surface area contributed by atoms with E-state index in [1.807, 2.05) is 60.7 Å². The van der Waals surface area contributed by atoms with Crippen LogP contribution in [0.1, 0.15) is 37.5 Å². The minimum absolute atomic E-state index is 0.162. The molecule has 0 aromatic heterocycles. The molecule has 1 fully saturated rings. The molecule has 2 aliphatic rings. The van der Waals surface area contributed by atoms with Crippen molar-refractivity contribution in [2.75, 3.05) is 19.8 Å². The van der Waals surface area contributed by atoms with Crippen molar-refractivity contribution in [3.63, 3.8) is 0 Å². The van der Waals surface area contributed by atoms with Crippen molar-refractivity contribution >= 4 is 17.8 Å². The number of imide groups is 1. The van der Waals surface area contributed by atoms with E-state index in [2.05, 4.69) is 0 Å². The summed E-state index contributed by atoms with van der Waals surface area (Å²) in [7, 11) is 0. The number of carbonyl (C=O) groups is 3. The molecule has 4 rings (SSSR count). The first-order chi connectivity index (χ1) is 19.4. The topological polar surface area (TPSA) is 112 Å². The second-order valence-electron chi connectivity index (χ2n) is 9.80. The summed E-state index contributed by atoms with van der Waals surface area (Å²) in [5.74, 6) is -1.35. The zero-order valence-corrected chi connectivity index (χ0v) is 22.7. The van der Waals surface area contributed by atoms with E-state index in [0.29, 0.717) is 25.4 Å². The van der Waals surface area contributed by atoms with Crippen LogP contribution in [0.4, 0.5) is 4.79 Å². The Morgan fingerprint density at radius 2 is 1.75 bits per heavy atom. The number of benzene rings is 2. The Bertz CT molecular complexity index is 1210.